The molecule has 2 rings (SSSR count). The van der Waals surface area contributed by atoms with Crippen LogP contribution >= 0.6 is 0 Å². The average molecular weight is 294 g/mol. The molecule has 1 aromatic carbocycles. The van der Waals surface area contributed by atoms with Crippen LogP contribution in [-0.4, -0.2) is 37.7 Å². The molecule has 1 fully saturated rings. The molecule has 0 bridgehead atoms. The third-order valence-corrected chi connectivity index (χ3v) is 4.43. The topological polar surface area (TPSA) is 24.5 Å². The van der Waals surface area contributed by atoms with Gasteiger partial charge in [-0.05, 0) is 43.1 Å². The highest BCUT2D eigenvalue weighted by atomic mass is 19.1. The van der Waals surface area contributed by atoms with E-state index < -0.39 is 0 Å². The molecule has 3 nitrogen and oxygen atoms in total. The second kappa shape index (κ2) is 7.76. The second-order valence-electron chi connectivity index (χ2n) is 5.83. The summed E-state index contributed by atoms with van der Waals surface area (Å²) in [6.07, 6.45) is 2.36. The Hall–Kier alpha value is -1.13. The summed E-state index contributed by atoms with van der Waals surface area (Å²) in [5, 5.41) is 3.59. The average Bonchev–Trinajstić information content (AvgIpc) is 2.49. The molecule has 1 aromatic rings. The summed E-state index contributed by atoms with van der Waals surface area (Å²) in [6, 6.07) is 5.90. The molecule has 0 radical (unpaired) electrons. The van der Waals surface area contributed by atoms with Gasteiger partial charge in [-0.25, -0.2) is 4.39 Å². The van der Waals surface area contributed by atoms with Gasteiger partial charge in [-0.15, -0.1) is 0 Å². The lowest BCUT2D eigenvalue weighted by Crippen LogP contribution is -2.48. The zero-order valence-electron chi connectivity index (χ0n) is 13.4. The summed E-state index contributed by atoms with van der Waals surface area (Å²) >= 11 is 0. The molecule has 2 unspecified atom stereocenters. The number of benzene rings is 1. The first kappa shape index (κ1) is 16.2. The first-order valence-corrected chi connectivity index (χ1v) is 7.96. The van der Waals surface area contributed by atoms with E-state index >= 15 is 0 Å². The number of piperidine rings is 1. The van der Waals surface area contributed by atoms with Crippen molar-refractivity contribution in [3.63, 3.8) is 0 Å². The van der Waals surface area contributed by atoms with Crippen LogP contribution in [-0.2, 0) is 6.54 Å². The highest BCUT2D eigenvalue weighted by Crippen LogP contribution is 2.23. The van der Waals surface area contributed by atoms with E-state index in [2.05, 4.69) is 24.1 Å². The lowest BCUT2D eigenvalue weighted by Gasteiger charge is -2.38. The molecule has 0 aromatic heterocycles. The Kier molecular flexibility index (Phi) is 6.00. The van der Waals surface area contributed by atoms with Crippen molar-refractivity contribution in [3.05, 3.63) is 29.6 Å². The number of ether oxygens (including phenoxy) is 1. The third-order valence-electron chi connectivity index (χ3n) is 4.43. The molecule has 4 heteroatoms. The lowest BCUT2D eigenvalue weighted by molar-refractivity contribution is 0.129. The molecule has 21 heavy (non-hydrogen) atoms. The smallest absolute Gasteiger partial charge is 0.165 e. The highest BCUT2D eigenvalue weighted by molar-refractivity contribution is 5.29. The molecule has 118 valence electrons. The van der Waals surface area contributed by atoms with Gasteiger partial charge in [0, 0.05) is 19.1 Å². The van der Waals surface area contributed by atoms with Crippen LogP contribution in [0.1, 0.15) is 32.3 Å². The van der Waals surface area contributed by atoms with Gasteiger partial charge in [-0.2, -0.15) is 0 Å². The molecule has 2 atom stereocenters. The molecule has 1 N–H and O–H groups in total. The van der Waals surface area contributed by atoms with Crippen molar-refractivity contribution in [2.75, 3.05) is 26.7 Å². The van der Waals surface area contributed by atoms with Gasteiger partial charge in [-0.1, -0.05) is 26.3 Å². The Morgan fingerprint density at radius 3 is 2.81 bits per heavy atom. The molecule has 0 aliphatic carbocycles. The van der Waals surface area contributed by atoms with Crippen molar-refractivity contribution in [2.24, 2.45) is 5.92 Å². The van der Waals surface area contributed by atoms with Gasteiger partial charge in [0.25, 0.3) is 0 Å². The predicted molar refractivity (Wildman–Crippen MR) is 84.1 cm³/mol. The van der Waals surface area contributed by atoms with Crippen LogP contribution in [0.2, 0.25) is 0 Å². The molecule has 0 saturated carbocycles. The minimum atomic E-state index is -0.274. The number of likely N-dealkylation sites (tertiary alicyclic amines) is 1. The van der Waals surface area contributed by atoms with E-state index in [1.165, 1.54) is 20.0 Å². The van der Waals surface area contributed by atoms with Gasteiger partial charge in [-0.3, -0.25) is 4.90 Å². The number of hydrogen-bond donors (Lipinski definition) is 1. The maximum absolute atomic E-state index is 13.8. The number of methoxy groups -OCH3 is 1. The highest BCUT2D eigenvalue weighted by Gasteiger charge is 2.27. The standard InChI is InChI=1S/C17H27FN2O/c1-4-14-12-20(9-8-16(14)19-5-2)11-13-6-7-17(21-3)15(18)10-13/h6-7,10,14,16,19H,4-5,8-9,11-12H2,1-3H3. The van der Waals surface area contributed by atoms with Crippen LogP contribution in [0.25, 0.3) is 0 Å². The van der Waals surface area contributed by atoms with Crippen LogP contribution in [0, 0.1) is 11.7 Å². The summed E-state index contributed by atoms with van der Waals surface area (Å²) < 4.78 is 18.7. The summed E-state index contributed by atoms with van der Waals surface area (Å²) in [4.78, 5) is 2.43. The quantitative estimate of drug-likeness (QED) is 0.873. The largest absolute Gasteiger partial charge is 0.494 e. The van der Waals surface area contributed by atoms with E-state index in [4.69, 9.17) is 4.74 Å². The normalized spacial score (nSPS) is 23.2. The molecule has 0 spiro atoms. The number of halogens is 1. The van der Waals surface area contributed by atoms with E-state index in [-0.39, 0.29) is 5.82 Å². The van der Waals surface area contributed by atoms with Gasteiger partial charge in [0.05, 0.1) is 7.11 Å². The van der Waals surface area contributed by atoms with Gasteiger partial charge in [0.1, 0.15) is 0 Å². The van der Waals surface area contributed by atoms with E-state index in [1.807, 2.05) is 6.07 Å². The molecule has 0 amide bonds. The number of nitrogens with zero attached hydrogens (tertiary/aromatic N) is 1. The fourth-order valence-corrected chi connectivity index (χ4v) is 3.26. The Bertz CT molecular complexity index is 452. The van der Waals surface area contributed by atoms with E-state index in [0.29, 0.717) is 17.7 Å². The zero-order valence-corrected chi connectivity index (χ0v) is 13.4. The van der Waals surface area contributed by atoms with Crippen molar-refractivity contribution in [2.45, 2.75) is 39.3 Å². The first-order valence-electron chi connectivity index (χ1n) is 7.96. The van der Waals surface area contributed by atoms with Crippen LogP contribution in [0.15, 0.2) is 18.2 Å². The SMILES string of the molecule is CCNC1CCN(Cc2ccc(OC)c(F)c2)CC1CC. The Labute approximate surface area is 127 Å². The molecule has 1 aliphatic rings. The molecule has 1 heterocycles. The predicted octanol–water partition coefficient (Wildman–Crippen LogP) is 3.04. The minimum Gasteiger partial charge on any atom is -0.494 e. The molecule has 1 aliphatic heterocycles. The van der Waals surface area contributed by atoms with Crippen molar-refractivity contribution in [3.8, 4) is 5.75 Å². The fraction of sp³-hybridized carbons (Fsp3) is 0.647. The van der Waals surface area contributed by atoms with Gasteiger partial charge < -0.3 is 10.1 Å². The van der Waals surface area contributed by atoms with E-state index in [0.717, 1.165) is 31.7 Å². The Morgan fingerprint density at radius 2 is 2.19 bits per heavy atom. The van der Waals surface area contributed by atoms with E-state index in [1.54, 1.807) is 12.1 Å². The molecule has 1 saturated heterocycles. The van der Waals surface area contributed by atoms with Crippen molar-refractivity contribution in [1.29, 1.82) is 0 Å². The number of nitrogens with one attached hydrogen (secondary N) is 1. The van der Waals surface area contributed by atoms with Crippen LogP contribution < -0.4 is 10.1 Å². The van der Waals surface area contributed by atoms with Gasteiger partial charge in [0.15, 0.2) is 11.6 Å². The van der Waals surface area contributed by atoms with Gasteiger partial charge in [0.2, 0.25) is 0 Å². The zero-order chi connectivity index (χ0) is 15.2. The first-order chi connectivity index (χ1) is 10.2. The minimum absolute atomic E-state index is 0.274. The third kappa shape index (κ3) is 4.17. The van der Waals surface area contributed by atoms with Gasteiger partial charge >= 0.3 is 0 Å². The number of hydrogen-bond acceptors (Lipinski definition) is 3. The lowest BCUT2D eigenvalue weighted by atomic mass is 9.89. The maximum Gasteiger partial charge on any atom is 0.165 e. The summed E-state index contributed by atoms with van der Waals surface area (Å²) in [5.41, 5.74) is 1.02. The summed E-state index contributed by atoms with van der Waals surface area (Å²) in [7, 11) is 1.50. The molecular weight excluding hydrogens is 267 g/mol. The fourth-order valence-electron chi connectivity index (χ4n) is 3.26. The van der Waals surface area contributed by atoms with Crippen LogP contribution in [0.5, 0.6) is 5.75 Å². The van der Waals surface area contributed by atoms with E-state index in [9.17, 15) is 4.39 Å². The van der Waals surface area contributed by atoms with Crippen molar-refractivity contribution < 1.29 is 9.13 Å². The second-order valence-corrected chi connectivity index (χ2v) is 5.83. The maximum atomic E-state index is 13.8. The van der Waals surface area contributed by atoms with Crippen molar-refractivity contribution in [1.82, 2.24) is 10.2 Å². The summed E-state index contributed by atoms with van der Waals surface area (Å²) in [6.45, 7) is 8.43. The Balaban J connectivity index is 1.96. The summed E-state index contributed by atoms with van der Waals surface area (Å²) in [5.74, 6) is 0.724. The molecular formula is C17H27FN2O. The van der Waals surface area contributed by atoms with Crippen molar-refractivity contribution >= 4 is 0 Å². The van der Waals surface area contributed by atoms with Crippen LogP contribution in [0.4, 0.5) is 4.39 Å². The number of rotatable bonds is 6. The Morgan fingerprint density at radius 1 is 1.38 bits per heavy atom. The van der Waals surface area contributed by atoms with Crippen LogP contribution in [0.3, 0.4) is 0 Å². The monoisotopic (exact) mass is 294 g/mol.